The number of nitrogens with zero attached hydrogens (tertiary/aromatic N) is 4. The van der Waals surface area contributed by atoms with Gasteiger partial charge < -0.3 is 4.74 Å². The van der Waals surface area contributed by atoms with E-state index < -0.39 is 0 Å². The molecular formula is C22H18N4O2S. The van der Waals surface area contributed by atoms with Crippen molar-refractivity contribution in [2.45, 2.75) is 13.5 Å². The maximum Gasteiger partial charge on any atom is 0.308 e. The molecule has 0 atom stereocenters. The Morgan fingerprint density at radius 1 is 1.07 bits per heavy atom. The molecule has 0 N–H and O–H groups in total. The smallest absolute Gasteiger partial charge is 0.308 e. The van der Waals surface area contributed by atoms with Crippen molar-refractivity contribution in [2.24, 2.45) is 0 Å². The molecule has 0 aliphatic carbocycles. The highest BCUT2D eigenvalue weighted by molar-refractivity contribution is 7.16. The molecule has 0 spiro atoms. The number of aromatic nitrogens is 4. The highest BCUT2D eigenvalue weighted by atomic mass is 32.1. The fourth-order valence-corrected chi connectivity index (χ4v) is 4.55. The first-order chi connectivity index (χ1) is 14.1. The van der Waals surface area contributed by atoms with E-state index >= 15 is 0 Å². The van der Waals surface area contributed by atoms with E-state index in [4.69, 9.17) is 4.74 Å². The summed E-state index contributed by atoms with van der Waals surface area (Å²) in [4.78, 5) is 21.3. The Bertz CT molecular complexity index is 1400. The lowest BCUT2D eigenvalue weighted by Gasteiger charge is -2.09. The lowest BCUT2D eigenvalue weighted by Crippen LogP contribution is -2.13. The summed E-state index contributed by atoms with van der Waals surface area (Å²) in [5.41, 5.74) is 4.93. The molecule has 0 saturated carbocycles. The summed E-state index contributed by atoms with van der Waals surface area (Å²) in [6.45, 7) is 2.51. The first-order valence-corrected chi connectivity index (χ1v) is 10.0. The second-order valence-electron chi connectivity index (χ2n) is 6.81. The monoisotopic (exact) mass is 402 g/mol. The molecule has 0 bridgehead atoms. The first-order valence-electron chi connectivity index (χ1n) is 9.20. The fraction of sp³-hybridized carbons (Fsp3) is 0.136. The van der Waals surface area contributed by atoms with Crippen LogP contribution in [0.1, 0.15) is 11.4 Å². The van der Waals surface area contributed by atoms with Crippen LogP contribution < -0.4 is 9.61 Å². The van der Waals surface area contributed by atoms with Crippen molar-refractivity contribution in [3.05, 3.63) is 82.0 Å². The molecule has 6 nitrogen and oxygen atoms in total. The van der Waals surface area contributed by atoms with Crippen LogP contribution in [0, 0.1) is 6.92 Å². The minimum atomic E-state index is 0.0290. The third-order valence-electron chi connectivity index (χ3n) is 5.04. The minimum absolute atomic E-state index is 0.0290. The van der Waals surface area contributed by atoms with Gasteiger partial charge in [-0.15, -0.1) is 0 Å². The molecule has 3 aromatic heterocycles. The van der Waals surface area contributed by atoms with Crippen LogP contribution in [0.5, 0.6) is 5.75 Å². The molecular weight excluding hydrogens is 384 g/mol. The molecule has 0 aliphatic rings. The maximum atomic E-state index is 12.5. The molecule has 2 aromatic carbocycles. The van der Waals surface area contributed by atoms with E-state index in [1.807, 2.05) is 31.2 Å². The number of fused-ring (bicyclic) bond motifs is 2. The number of thiazole rings is 1. The first kappa shape index (κ1) is 17.6. The third kappa shape index (κ3) is 3.00. The van der Waals surface area contributed by atoms with Crippen molar-refractivity contribution >= 4 is 32.6 Å². The number of rotatable bonds is 4. The molecule has 5 aromatic rings. The number of methoxy groups -OCH3 is 1. The molecule has 0 aliphatic heterocycles. The van der Waals surface area contributed by atoms with E-state index in [0.29, 0.717) is 6.54 Å². The second-order valence-corrected chi connectivity index (χ2v) is 7.81. The number of hydrogen-bond acceptors (Lipinski definition) is 5. The molecule has 0 fully saturated rings. The average Bonchev–Trinajstić information content (AvgIpc) is 3.23. The largest absolute Gasteiger partial charge is 0.497 e. The van der Waals surface area contributed by atoms with Crippen molar-refractivity contribution in [1.29, 1.82) is 0 Å². The van der Waals surface area contributed by atoms with E-state index in [0.717, 1.165) is 44.1 Å². The Balaban J connectivity index is 1.50. The van der Waals surface area contributed by atoms with Crippen molar-refractivity contribution in [3.63, 3.8) is 0 Å². The quantitative estimate of drug-likeness (QED) is 0.453. The summed E-state index contributed by atoms with van der Waals surface area (Å²) in [5.74, 6) is 1.67. The van der Waals surface area contributed by atoms with Crippen molar-refractivity contribution in [1.82, 2.24) is 19.1 Å². The summed E-state index contributed by atoms with van der Waals surface area (Å²) in [7, 11) is 1.63. The summed E-state index contributed by atoms with van der Waals surface area (Å²) >= 11 is 1.24. The van der Waals surface area contributed by atoms with Gasteiger partial charge in [-0.25, -0.2) is 4.98 Å². The minimum Gasteiger partial charge on any atom is -0.497 e. The summed E-state index contributed by atoms with van der Waals surface area (Å²) in [6, 6.07) is 15.9. The molecule has 0 unspecified atom stereocenters. The zero-order valence-electron chi connectivity index (χ0n) is 16.0. The van der Waals surface area contributed by atoms with E-state index in [2.05, 4.69) is 38.8 Å². The van der Waals surface area contributed by atoms with Gasteiger partial charge in [-0.05, 0) is 48.9 Å². The molecule has 7 heteroatoms. The Morgan fingerprint density at radius 2 is 1.90 bits per heavy atom. The number of imidazole rings is 1. The number of pyridine rings is 1. The van der Waals surface area contributed by atoms with Crippen LogP contribution in [0.2, 0.25) is 0 Å². The predicted molar refractivity (Wildman–Crippen MR) is 115 cm³/mol. The number of aryl methyl sites for hydroxylation is 1. The lowest BCUT2D eigenvalue weighted by atomic mass is 10.2. The lowest BCUT2D eigenvalue weighted by molar-refractivity contribution is 0.415. The summed E-state index contributed by atoms with van der Waals surface area (Å²) in [5, 5.41) is 0. The van der Waals surface area contributed by atoms with Gasteiger partial charge in [0.05, 0.1) is 35.6 Å². The van der Waals surface area contributed by atoms with Crippen LogP contribution in [0.4, 0.5) is 0 Å². The third-order valence-corrected chi connectivity index (χ3v) is 5.98. The van der Waals surface area contributed by atoms with E-state index in [-0.39, 0.29) is 4.87 Å². The van der Waals surface area contributed by atoms with Gasteiger partial charge in [-0.1, -0.05) is 23.5 Å². The number of benzene rings is 2. The van der Waals surface area contributed by atoms with Crippen LogP contribution in [0.15, 0.2) is 65.7 Å². The molecule has 0 amide bonds. The predicted octanol–water partition coefficient (Wildman–Crippen LogP) is 4.16. The molecule has 0 saturated heterocycles. The fourth-order valence-electron chi connectivity index (χ4n) is 3.63. The normalized spacial score (nSPS) is 11.4. The van der Waals surface area contributed by atoms with Crippen molar-refractivity contribution in [3.8, 4) is 11.4 Å². The van der Waals surface area contributed by atoms with E-state index in [9.17, 15) is 4.79 Å². The SMILES string of the molecule is COc1ccc2c(c1)sc(=O)n2Cc1ccc(-n2c(C)nc3cnccc32)cc1. The summed E-state index contributed by atoms with van der Waals surface area (Å²) < 4.78 is 10.1. The van der Waals surface area contributed by atoms with Crippen LogP contribution in [0.25, 0.3) is 26.9 Å². The van der Waals surface area contributed by atoms with Gasteiger partial charge in [-0.2, -0.15) is 0 Å². The molecule has 3 heterocycles. The molecule has 144 valence electrons. The molecule has 0 radical (unpaired) electrons. The summed E-state index contributed by atoms with van der Waals surface area (Å²) in [6.07, 6.45) is 3.55. The topological polar surface area (TPSA) is 61.9 Å². The maximum absolute atomic E-state index is 12.5. The highest BCUT2D eigenvalue weighted by Gasteiger charge is 2.11. The van der Waals surface area contributed by atoms with Gasteiger partial charge >= 0.3 is 4.87 Å². The van der Waals surface area contributed by atoms with Crippen molar-refractivity contribution < 1.29 is 4.74 Å². The van der Waals surface area contributed by atoms with Gasteiger partial charge in [0.1, 0.15) is 17.1 Å². The van der Waals surface area contributed by atoms with Gasteiger partial charge in [0.2, 0.25) is 0 Å². The Morgan fingerprint density at radius 3 is 2.69 bits per heavy atom. The molecule has 29 heavy (non-hydrogen) atoms. The van der Waals surface area contributed by atoms with Gasteiger partial charge in [0, 0.05) is 11.9 Å². The zero-order valence-corrected chi connectivity index (χ0v) is 16.8. The second kappa shape index (κ2) is 6.86. The van der Waals surface area contributed by atoms with Gasteiger partial charge in [0.15, 0.2) is 0 Å². The van der Waals surface area contributed by atoms with Crippen LogP contribution in [-0.2, 0) is 6.54 Å². The van der Waals surface area contributed by atoms with Crippen LogP contribution in [-0.4, -0.2) is 26.2 Å². The Kier molecular flexibility index (Phi) is 4.17. The zero-order chi connectivity index (χ0) is 20.0. The van der Waals surface area contributed by atoms with E-state index in [1.54, 1.807) is 24.1 Å². The molecule has 5 rings (SSSR count). The van der Waals surface area contributed by atoms with Crippen LogP contribution >= 0.6 is 11.3 Å². The van der Waals surface area contributed by atoms with Gasteiger partial charge in [-0.3, -0.25) is 18.9 Å². The van der Waals surface area contributed by atoms with Gasteiger partial charge in [0.25, 0.3) is 0 Å². The Labute approximate surface area is 170 Å². The Hall–Kier alpha value is -3.45. The van der Waals surface area contributed by atoms with Crippen LogP contribution in [0.3, 0.4) is 0 Å². The van der Waals surface area contributed by atoms with E-state index in [1.165, 1.54) is 11.3 Å². The average molecular weight is 402 g/mol. The standard InChI is InChI=1S/C22H18N4O2S/c1-14-24-18-12-23-10-9-19(18)26(14)16-5-3-15(4-6-16)13-25-20-8-7-17(28-2)11-21(20)29-22(25)27/h3-12H,13H2,1-2H3. The van der Waals surface area contributed by atoms with Crippen molar-refractivity contribution in [2.75, 3.05) is 7.11 Å². The highest BCUT2D eigenvalue weighted by Crippen LogP contribution is 2.24. The number of hydrogen-bond donors (Lipinski definition) is 0. The number of ether oxygens (including phenoxy) is 1.